The van der Waals surface area contributed by atoms with E-state index in [9.17, 15) is 14.3 Å². The van der Waals surface area contributed by atoms with Crippen molar-refractivity contribution in [3.63, 3.8) is 0 Å². The van der Waals surface area contributed by atoms with E-state index in [1.807, 2.05) is 9.80 Å². The van der Waals surface area contributed by atoms with E-state index in [1.54, 1.807) is 18.2 Å². The van der Waals surface area contributed by atoms with Crippen molar-refractivity contribution in [2.45, 2.75) is 6.04 Å². The summed E-state index contributed by atoms with van der Waals surface area (Å²) < 4.78 is 18.7. The summed E-state index contributed by atoms with van der Waals surface area (Å²) in [5.74, 6) is -1.13. The maximum Gasteiger partial charge on any atom is 0.323 e. The smallest absolute Gasteiger partial charge is 0.323 e. The van der Waals surface area contributed by atoms with E-state index >= 15 is 0 Å². The highest BCUT2D eigenvalue weighted by Gasteiger charge is 2.29. The Bertz CT molecular complexity index is 461. The second-order valence-electron chi connectivity index (χ2n) is 4.78. The Kier molecular flexibility index (Phi) is 4.92. The summed E-state index contributed by atoms with van der Waals surface area (Å²) in [6.07, 6.45) is 0. The first-order valence-electron chi connectivity index (χ1n) is 6.58. The van der Waals surface area contributed by atoms with Crippen LogP contribution in [0.3, 0.4) is 0 Å². The molecule has 0 amide bonds. The van der Waals surface area contributed by atoms with Crippen molar-refractivity contribution in [1.82, 2.24) is 4.90 Å². The Morgan fingerprint density at radius 3 is 2.55 bits per heavy atom. The van der Waals surface area contributed by atoms with Crippen molar-refractivity contribution in [2.75, 3.05) is 44.8 Å². The van der Waals surface area contributed by atoms with Crippen LogP contribution in [0, 0.1) is 5.82 Å². The van der Waals surface area contributed by atoms with Crippen LogP contribution in [0.2, 0.25) is 0 Å². The van der Waals surface area contributed by atoms with Crippen molar-refractivity contribution in [1.29, 1.82) is 0 Å². The van der Waals surface area contributed by atoms with Gasteiger partial charge < -0.3 is 14.7 Å². The molecule has 1 heterocycles. The third kappa shape index (κ3) is 3.26. The molecule has 2 rings (SSSR count). The number of carboxylic acids is 1. The summed E-state index contributed by atoms with van der Waals surface area (Å²) in [4.78, 5) is 15.0. The molecule has 1 aromatic rings. The van der Waals surface area contributed by atoms with Crippen LogP contribution in [0.25, 0.3) is 0 Å². The molecule has 1 saturated heterocycles. The zero-order chi connectivity index (χ0) is 14.5. The molecule has 1 aliphatic heterocycles. The minimum atomic E-state index is -0.883. The predicted molar refractivity (Wildman–Crippen MR) is 73.5 cm³/mol. The maximum absolute atomic E-state index is 13.7. The molecular formula is C14H19FN2O3. The summed E-state index contributed by atoms with van der Waals surface area (Å²) in [6.45, 7) is 2.53. The second-order valence-corrected chi connectivity index (χ2v) is 4.78. The number of hydrogen-bond donors (Lipinski definition) is 1. The molecule has 0 bridgehead atoms. The Labute approximate surface area is 117 Å². The van der Waals surface area contributed by atoms with Gasteiger partial charge in [-0.1, -0.05) is 12.1 Å². The molecule has 0 aliphatic carbocycles. The number of methoxy groups -OCH3 is 1. The molecule has 1 fully saturated rings. The van der Waals surface area contributed by atoms with Crippen LogP contribution in [0.5, 0.6) is 0 Å². The van der Waals surface area contributed by atoms with Gasteiger partial charge in [-0.25, -0.2) is 4.39 Å². The minimum absolute atomic E-state index is 0.162. The van der Waals surface area contributed by atoms with Crippen LogP contribution in [-0.4, -0.2) is 61.9 Å². The number of nitrogens with zero attached hydrogens (tertiary/aromatic N) is 2. The highest BCUT2D eigenvalue weighted by molar-refractivity contribution is 5.73. The summed E-state index contributed by atoms with van der Waals surface area (Å²) in [7, 11) is 1.49. The predicted octanol–water partition coefficient (Wildman–Crippen LogP) is 1.05. The average Bonchev–Trinajstić information content (AvgIpc) is 2.45. The van der Waals surface area contributed by atoms with Gasteiger partial charge in [0.2, 0.25) is 0 Å². The molecule has 110 valence electrons. The molecule has 1 unspecified atom stereocenters. The van der Waals surface area contributed by atoms with Crippen molar-refractivity contribution in [3.05, 3.63) is 30.1 Å². The third-order valence-corrected chi connectivity index (χ3v) is 3.56. The van der Waals surface area contributed by atoms with Crippen LogP contribution >= 0.6 is 0 Å². The first-order valence-corrected chi connectivity index (χ1v) is 6.58. The Morgan fingerprint density at radius 2 is 2.00 bits per heavy atom. The van der Waals surface area contributed by atoms with Crippen LogP contribution in [0.4, 0.5) is 10.1 Å². The number of hydrogen-bond acceptors (Lipinski definition) is 4. The first kappa shape index (κ1) is 14.7. The number of para-hydroxylation sites is 1. The van der Waals surface area contributed by atoms with E-state index in [1.165, 1.54) is 13.2 Å². The molecule has 1 aliphatic rings. The molecule has 1 N–H and O–H groups in total. The quantitative estimate of drug-likeness (QED) is 0.875. The standard InChI is InChI=1S/C14H19FN2O3/c1-20-10-13(14(18)19)17-8-6-16(7-9-17)12-5-3-2-4-11(12)15/h2-5,13H,6-10H2,1H3,(H,18,19). The lowest BCUT2D eigenvalue weighted by Crippen LogP contribution is -2.54. The van der Waals surface area contributed by atoms with Crippen LogP contribution in [-0.2, 0) is 9.53 Å². The van der Waals surface area contributed by atoms with Gasteiger partial charge in [-0.3, -0.25) is 9.69 Å². The van der Waals surface area contributed by atoms with Gasteiger partial charge in [0.1, 0.15) is 11.9 Å². The number of anilines is 1. The van der Waals surface area contributed by atoms with Crippen LogP contribution in [0.15, 0.2) is 24.3 Å². The van der Waals surface area contributed by atoms with E-state index in [0.717, 1.165) is 0 Å². The largest absolute Gasteiger partial charge is 0.480 e. The van der Waals surface area contributed by atoms with Gasteiger partial charge in [-0.2, -0.15) is 0 Å². The van der Waals surface area contributed by atoms with Gasteiger partial charge in [0.05, 0.1) is 12.3 Å². The number of piperazine rings is 1. The molecule has 0 aromatic heterocycles. The summed E-state index contributed by atoms with van der Waals surface area (Å²) in [5.41, 5.74) is 0.575. The lowest BCUT2D eigenvalue weighted by molar-refractivity contribution is -0.145. The number of aliphatic carboxylic acids is 1. The van der Waals surface area contributed by atoms with Gasteiger partial charge in [-0.15, -0.1) is 0 Å². The van der Waals surface area contributed by atoms with E-state index in [2.05, 4.69) is 0 Å². The van der Waals surface area contributed by atoms with Crippen molar-refractivity contribution >= 4 is 11.7 Å². The fourth-order valence-electron chi connectivity index (χ4n) is 2.47. The Hall–Kier alpha value is -1.66. The topological polar surface area (TPSA) is 53.0 Å². The number of carbonyl (C=O) groups is 1. The monoisotopic (exact) mass is 282 g/mol. The lowest BCUT2D eigenvalue weighted by atomic mass is 10.2. The van der Waals surface area contributed by atoms with Crippen molar-refractivity contribution < 1.29 is 19.0 Å². The van der Waals surface area contributed by atoms with Crippen LogP contribution in [0.1, 0.15) is 0 Å². The molecule has 5 nitrogen and oxygen atoms in total. The van der Waals surface area contributed by atoms with Gasteiger partial charge in [0.15, 0.2) is 0 Å². The van der Waals surface area contributed by atoms with E-state index in [4.69, 9.17) is 4.74 Å². The molecule has 0 spiro atoms. The van der Waals surface area contributed by atoms with Crippen LogP contribution < -0.4 is 4.90 Å². The molecule has 1 atom stereocenters. The number of benzene rings is 1. The molecule has 6 heteroatoms. The third-order valence-electron chi connectivity index (χ3n) is 3.56. The number of rotatable bonds is 5. The second kappa shape index (κ2) is 6.67. The molecule has 20 heavy (non-hydrogen) atoms. The fourth-order valence-corrected chi connectivity index (χ4v) is 2.47. The van der Waals surface area contributed by atoms with Crippen molar-refractivity contribution in [2.24, 2.45) is 0 Å². The average molecular weight is 282 g/mol. The Balaban J connectivity index is 1.98. The zero-order valence-corrected chi connectivity index (χ0v) is 11.5. The fraction of sp³-hybridized carbons (Fsp3) is 0.500. The summed E-state index contributed by atoms with van der Waals surface area (Å²) in [5, 5.41) is 9.19. The first-order chi connectivity index (χ1) is 9.63. The highest BCUT2D eigenvalue weighted by Crippen LogP contribution is 2.20. The highest BCUT2D eigenvalue weighted by atomic mass is 19.1. The van der Waals surface area contributed by atoms with Crippen molar-refractivity contribution in [3.8, 4) is 0 Å². The SMILES string of the molecule is COCC(C(=O)O)N1CCN(c2ccccc2F)CC1. The summed E-state index contributed by atoms with van der Waals surface area (Å²) in [6, 6.07) is 6.01. The van der Waals surface area contributed by atoms with E-state index < -0.39 is 12.0 Å². The number of ether oxygens (including phenoxy) is 1. The molecule has 1 aromatic carbocycles. The van der Waals surface area contributed by atoms with E-state index in [-0.39, 0.29) is 12.4 Å². The number of carboxylic acid groups (broad SMARTS) is 1. The molecular weight excluding hydrogens is 263 g/mol. The normalized spacial score (nSPS) is 18.0. The van der Waals surface area contributed by atoms with Gasteiger partial charge >= 0.3 is 5.97 Å². The zero-order valence-electron chi connectivity index (χ0n) is 11.5. The van der Waals surface area contributed by atoms with E-state index in [0.29, 0.717) is 31.9 Å². The maximum atomic E-state index is 13.7. The molecule has 0 radical (unpaired) electrons. The minimum Gasteiger partial charge on any atom is -0.480 e. The van der Waals surface area contributed by atoms with Gasteiger partial charge in [-0.05, 0) is 12.1 Å². The summed E-state index contributed by atoms with van der Waals surface area (Å²) >= 11 is 0. The Morgan fingerprint density at radius 1 is 1.35 bits per heavy atom. The molecule has 0 saturated carbocycles. The van der Waals surface area contributed by atoms with Gasteiger partial charge in [0, 0.05) is 33.3 Å². The number of halogens is 1. The van der Waals surface area contributed by atoms with Gasteiger partial charge in [0.25, 0.3) is 0 Å². The lowest BCUT2D eigenvalue weighted by Gasteiger charge is -2.38.